The maximum Gasteiger partial charge on any atom is 0.138 e. The van der Waals surface area contributed by atoms with Crippen molar-refractivity contribution in [3.05, 3.63) is 0 Å². The maximum absolute atomic E-state index is 11.5. The van der Waals surface area contributed by atoms with Crippen molar-refractivity contribution >= 4 is 5.78 Å². The van der Waals surface area contributed by atoms with Gasteiger partial charge in [-0.05, 0) is 19.3 Å². The van der Waals surface area contributed by atoms with Crippen LogP contribution >= 0.6 is 0 Å². The molecule has 0 unspecified atom stereocenters. The fourth-order valence-electron chi connectivity index (χ4n) is 2.11. The Bertz CT molecular complexity index is 162. The number of rotatable bonds is 4. The summed E-state index contributed by atoms with van der Waals surface area (Å²) >= 11 is 0. The molecule has 0 radical (unpaired) electrons. The van der Waals surface area contributed by atoms with Crippen LogP contribution < -0.4 is 0 Å². The van der Waals surface area contributed by atoms with Crippen molar-refractivity contribution in [1.29, 1.82) is 0 Å². The molecule has 1 aliphatic carbocycles. The van der Waals surface area contributed by atoms with Crippen molar-refractivity contribution in [2.24, 2.45) is 5.41 Å². The summed E-state index contributed by atoms with van der Waals surface area (Å²) in [5, 5.41) is 0. The molecular formula is C11H20O. The van der Waals surface area contributed by atoms with Gasteiger partial charge in [0.15, 0.2) is 0 Å². The van der Waals surface area contributed by atoms with Gasteiger partial charge in [0.25, 0.3) is 0 Å². The van der Waals surface area contributed by atoms with Crippen LogP contribution in [0.2, 0.25) is 0 Å². The molecule has 0 heterocycles. The lowest BCUT2D eigenvalue weighted by Crippen LogP contribution is -2.21. The summed E-state index contributed by atoms with van der Waals surface area (Å²) < 4.78 is 0. The minimum absolute atomic E-state index is 0.0647. The molecule has 1 saturated carbocycles. The molecule has 0 aromatic heterocycles. The highest BCUT2D eigenvalue weighted by Crippen LogP contribution is 2.38. The second-order valence-corrected chi connectivity index (χ2v) is 4.29. The van der Waals surface area contributed by atoms with Gasteiger partial charge in [-0.2, -0.15) is 0 Å². The molecule has 1 nitrogen and oxygen atoms in total. The molecule has 0 saturated heterocycles. The van der Waals surface area contributed by atoms with Crippen LogP contribution in [0.15, 0.2) is 0 Å². The standard InChI is InChI=1S/C11H20O/c1-3-4-5-8-11(2)9-6-7-10(11)12/h3-9H2,1-2H3/t11-/m0/s1. The zero-order valence-electron chi connectivity index (χ0n) is 8.36. The van der Waals surface area contributed by atoms with E-state index in [-0.39, 0.29) is 5.41 Å². The third kappa shape index (κ3) is 2.09. The number of hydrogen-bond donors (Lipinski definition) is 0. The van der Waals surface area contributed by atoms with E-state index in [9.17, 15) is 4.79 Å². The molecule has 1 aliphatic rings. The number of unbranched alkanes of at least 4 members (excludes halogenated alkanes) is 2. The topological polar surface area (TPSA) is 17.1 Å². The summed E-state index contributed by atoms with van der Waals surface area (Å²) in [5.74, 6) is 0.513. The third-order valence-electron chi connectivity index (χ3n) is 3.14. The second-order valence-electron chi connectivity index (χ2n) is 4.29. The van der Waals surface area contributed by atoms with Crippen molar-refractivity contribution in [2.75, 3.05) is 0 Å². The third-order valence-corrected chi connectivity index (χ3v) is 3.14. The number of ketones is 1. The second kappa shape index (κ2) is 4.06. The molecule has 70 valence electrons. The van der Waals surface area contributed by atoms with E-state index >= 15 is 0 Å². The number of hydrogen-bond acceptors (Lipinski definition) is 1. The normalized spacial score (nSPS) is 29.7. The summed E-state index contributed by atoms with van der Waals surface area (Å²) in [6.45, 7) is 4.36. The zero-order valence-corrected chi connectivity index (χ0v) is 8.36. The van der Waals surface area contributed by atoms with Crippen molar-refractivity contribution < 1.29 is 4.79 Å². The minimum atomic E-state index is 0.0647. The zero-order chi connectivity index (χ0) is 9.03. The van der Waals surface area contributed by atoms with E-state index in [1.807, 2.05) is 0 Å². The maximum atomic E-state index is 11.5. The molecule has 0 aliphatic heterocycles. The van der Waals surface area contributed by atoms with E-state index in [0.717, 1.165) is 25.7 Å². The van der Waals surface area contributed by atoms with Gasteiger partial charge in [-0.25, -0.2) is 0 Å². The Labute approximate surface area is 75.5 Å². The van der Waals surface area contributed by atoms with E-state index < -0.39 is 0 Å². The van der Waals surface area contributed by atoms with Crippen molar-refractivity contribution in [1.82, 2.24) is 0 Å². The predicted molar refractivity (Wildman–Crippen MR) is 51.1 cm³/mol. The highest BCUT2D eigenvalue weighted by atomic mass is 16.1. The first-order chi connectivity index (χ1) is 5.69. The van der Waals surface area contributed by atoms with Crippen LogP contribution in [0.3, 0.4) is 0 Å². The smallest absolute Gasteiger partial charge is 0.138 e. The first-order valence-corrected chi connectivity index (χ1v) is 5.22. The largest absolute Gasteiger partial charge is 0.299 e. The fourth-order valence-corrected chi connectivity index (χ4v) is 2.11. The molecule has 0 aromatic rings. The van der Waals surface area contributed by atoms with E-state index in [0.29, 0.717) is 5.78 Å². The lowest BCUT2D eigenvalue weighted by atomic mass is 9.82. The Morgan fingerprint density at radius 1 is 1.42 bits per heavy atom. The van der Waals surface area contributed by atoms with Gasteiger partial charge in [0.2, 0.25) is 0 Å². The van der Waals surface area contributed by atoms with Gasteiger partial charge < -0.3 is 0 Å². The molecule has 0 bridgehead atoms. The molecular weight excluding hydrogens is 148 g/mol. The lowest BCUT2D eigenvalue weighted by Gasteiger charge is -2.21. The molecule has 1 rings (SSSR count). The predicted octanol–water partition coefficient (Wildman–Crippen LogP) is 3.33. The van der Waals surface area contributed by atoms with Crippen LogP contribution in [0.1, 0.15) is 58.8 Å². The molecule has 0 aromatic carbocycles. The van der Waals surface area contributed by atoms with Crippen molar-refractivity contribution in [3.63, 3.8) is 0 Å². The van der Waals surface area contributed by atoms with Gasteiger partial charge in [0.05, 0.1) is 0 Å². The molecule has 12 heavy (non-hydrogen) atoms. The van der Waals surface area contributed by atoms with Gasteiger partial charge in [0.1, 0.15) is 5.78 Å². The quantitative estimate of drug-likeness (QED) is 0.588. The van der Waals surface area contributed by atoms with Crippen molar-refractivity contribution in [2.45, 2.75) is 58.8 Å². The van der Waals surface area contributed by atoms with Crippen LogP contribution in [0.5, 0.6) is 0 Å². The van der Waals surface area contributed by atoms with Crippen LogP contribution in [-0.2, 0) is 4.79 Å². The average Bonchev–Trinajstić information content (AvgIpc) is 2.34. The van der Waals surface area contributed by atoms with Crippen LogP contribution in [0.25, 0.3) is 0 Å². The summed E-state index contributed by atoms with van der Waals surface area (Å²) in [6.07, 6.45) is 7.99. The summed E-state index contributed by atoms with van der Waals surface area (Å²) in [6, 6.07) is 0. The Hall–Kier alpha value is -0.330. The van der Waals surface area contributed by atoms with Gasteiger partial charge in [-0.3, -0.25) is 4.79 Å². The first-order valence-electron chi connectivity index (χ1n) is 5.22. The Kier molecular flexibility index (Phi) is 3.30. The molecule has 0 spiro atoms. The van der Waals surface area contributed by atoms with E-state index in [1.54, 1.807) is 0 Å². The highest BCUT2D eigenvalue weighted by Gasteiger charge is 2.36. The Balaban J connectivity index is 2.33. The summed E-state index contributed by atoms with van der Waals surface area (Å²) in [5.41, 5.74) is 0.0647. The van der Waals surface area contributed by atoms with E-state index in [4.69, 9.17) is 0 Å². The fraction of sp³-hybridized carbons (Fsp3) is 0.909. The minimum Gasteiger partial charge on any atom is -0.299 e. The average molecular weight is 168 g/mol. The van der Waals surface area contributed by atoms with Crippen molar-refractivity contribution in [3.8, 4) is 0 Å². The van der Waals surface area contributed by atoms with E-state index in [1.165, 1.54) is 19.3 Å². The van der Waals surface area contributed by atoms with Gasteiger partial charge in [-0.1, -0.05) is 33.1 Å². The SMILES string of the molecule is CCCCC[C@@]1(C)CCCC1=O. The van der Waals surface area contributed by atoms with Gasteiger partial charge in [0, 0.05) is 11.8 Å². The number of carbonyl (C=O) groups is 1. The molecule has 1 fully saturated rings. The first kappa shape index (κ1) is 9.76. The van der Waals surface area contributed by atoms with Crippen LogP contribution in [-0.4, -0.2) is 5.78 Å². The number of Topliss-reactive ketones (excluding diaryl/α,β-unsaturated/α-hetero) is 1. The molecule has 1 atom stereocenters. The molecule has 1 heteroatoms. The van der Waals surface area contributed by atoms with Gasteiger partial charge >= 0.3 is 0 Å². The number of carbonyl (C=O) groups excluding carboxylic acids is 1. The summed E-state index contributed by atoms with van der Waals surface area (Å²) in [4.78, 5) is 11.5. The lowest BCUT2D eigenvalue weighted by molar-refractivity contribution is -0.125. The Morgan fingerprint density at radius 2 is 2.17 bits per heavy atom. The van der Waals surface area contributed by atoms with Crippen LogP contribution in [0.4, 0.5) is 0 Å². The molecule has 0 N–H and O–H groups in total. The van der Waals surface area contributed by atoms with E-state index in [2.05, 4.69) is 13.8 Å². The van der Waals surface area contributed by atoms with Crippen LogP contribution in [0, 0.1) is 5.41 Å². The highest BCUT2D eigenvalue weighted by molar-refractivity contribution is 5.86. The monoisotopic (exact) mass is 168 g/mol. The summed E-state index contributed by atoms with van der Waals surface area (Å²) in [7, 11) is 0. The Morgan fingerprint density at radius 3 is 2.67 bits per heavy atom. The molecule has 0 amide bonds. The van der Waals surface area contributed by atoms with Gasteiger partial charge in [-0.15, -0.1) is 0 Å².